The van der Waals surface area contributed by atoms with Crippen LogP contribution in [0.5, 0.6) is 0 Å². The molecule has 25 heavy (non-hydrogen) atoms. The third kappa shape index (κ3) is 3.37. The monoisotopic (exact) mass is 350 g/mol. The normalized spacial score (nSPS) is 27.4. The average molecular weight is 350 g/mol. The number of aliphatic carboxylic acids is 2. The lowest BCUT2D eigenvalue weighted by atomic mass is 9.49. The molecule has 3 aliphatic carbocycles. The van der Waals surface area contributed by atoms with Crippen molar-refractivity contribution in [3.63, 3.8) is 0 Å². The van der Waals surface area contributed by atoms with E-state index in [-0.39, 0.29) is 11.8 Å². The van der Waals surface area contributed by atoms with Crippen molar-refractivity contribution in [1.29, 1.82) is 0 Å². The summed E-state index contributed by atoms with van der Waals surface area (Å²) < 4.78 is 0. The zero-order chi connectivity index (χ0) is 19.2. The van der Waals surface area contributed by atoms with Crippen molar-refractivity contribution in [3.8, 4) is 0 Å². The van der Waals surface area contributed by atoms with Crippen LogP contribution in [-0.4, -0.2) is 22.2 Å². The van der Waals surface area contributed by atoms with E-state index in [4.69, 9.17) is 0 Å². The van der Waals surface area contributed by atoms with Gasteiger partial charge in [-0.3, -0.25) is 9.59 Å². The highest BCUT2D eigenvalue weighted by molar-refractivity contribution is 5.99. The first-order chi connectivity index (χ1) is 11.3. The Hall–Kier alpha value is -1.32. The first-order valence-corrected chi connectivity index (χ1v) is 9.48. The Kier molecular flexibility index (Phi) is 5.15. The van der Waals surface area contributed by atoms with Crippen LogP contribution in [-0.2, 0) is 9.59 Å². The molecule has 1 fully saturated rings. The molecule has 2 bridgehead atoms. The van der Waals surface area contributed by atoms with Gasteiger partial charge in [0, 0.05) is 0 Å². The number of carbonyl (C=O) groups is 2. The Labute approximate surface area is 151 Å². The summed E-state index contributed by atoms with van der Waals surface area (Å²) in [5.74, 6) is -2.67. The topological polar surface area (TPSA) is 74.6 Å². The molecule has 4 nitrogen and oxygen atoms in total. The van der Waals surface area contributed by atoms with E-state index in [1.807, 2.05) is 41.5 Å². The summed E-state index contributed by atoms with van der Waals surface area (Å²) in [6.45, 7) is 11.9. The SMILES string of the molecule is CC(C)(C)C(C(C)(C)C)C(C(=O)O)(C(=O)O)C1CCC2C=CC1CC2. The third-order valence-electron chi connectivity index (χ3n) is 6.35. The number of allylic oxidation sites excluding steroid dienone is 2. The van der Waals surface area contributed by atoms with Crippen LogP contribution in [0.15, 0.2) is 12.2 Å². The second kappa shape index (κ2) is 6.44. The summed E-state index contributed by atoms with van der Waals surface area (Å²) in [5.41, 5.74) is -2.66. The number of hydrogen-bond acceptors (Lipinski definition) is 2. The van der Waals surface area contributed by atoms with E-state index >= 15 is 0 Å². The minimum Gasteiger partial charge on any atom is -0.480 e. The van der Waals surface area contributed by atoms with Crippen LogP contribution in [0.25, 0.3) is 0 Å². The van der Waals surface area contributed by atoms with Gasteiger partial charge in [0.1, 0.15) is 0 Å². The molecule has 4 heteroatoms. The van der Waals surface area contributed by atoms with E-state index in [9.17, 15) is 19.8 Å². The molecule has 0 spiro atoms. The fourth-order valence-electron chi connectivity index (χ4n) is 6.18. The predicted octanol–water partition coefficient (Wildman–Crippen LogP) is 4.84. The van der Waals surface area contributed by atoms with E-state index in [1.54, 1.807) is 0 Å². The van der Waals surface area contributed by atoms with E-state index < -0.39 is 34.1 Å². The van der Waals surface area contributed by atoms with E-state index in [1.165, 1.54) is 0 Å². The first-order valence-electron chi connectivity index (χ1n) is 9.48. The van der Waals surface area contributed by atoms with E-state index in [0.717, 1.165) is 19.3 Å². The summed E-state index contributed by atoms with van der Waals surface area (Å²) in [6, 6.07) is 0. The second-order valence-electron chi connectivity index (χ2n) is 10.2. The van der Waals surface area contributed by atoms with Gasteiger partial charge in [-0.15, -0.1) is 0 Å². The molecular formula is C21H34O4. The molecule has 0 radical (unpaired) electrons. The lowest BCUT2D eigenvalue weighted by Gasteiger charge is -2.52. The van der Waals surface area contributed by atoms with Gasteiger partial charge in [0.2, 0.25) is 0 Å². The smallest absolute Gasteiger partial charge is 0.321 e. The molecule has 0 aromatic rings. The summed E-state index contributed by atoms with van der Waals surface area (Å²) >= 11 is 0. The maximum Gasteiger partial charge on any atom is 0.321 e. The zero-order valence-corrected chi connectivity index (χ0v) is 16.5. The van der Waals surface area contributed by atoms with Gasteiger partial charge in [0.15, 0.2) is 5.41 Å². The third-order valence-corrected chi connectivity index (χ3v) is 6.35. The number of hydrogen-bond donors (Lipinski definition) is 2. The molecule has 0 aliphatic heterocycles. The minimum atomic E-state index is -1.77. The lowest BCUT2D eigenvalue weighted by Crippen LogP contribution is -2.60. The van der Waals surface area contributed by atoms with E-state index in [0.29, 0.717) is 12.3 Å². The maximum absolute atomic E-state index is 12.7. The average Bonchev–Trinajstić information content (AvgIpc) is 2.74. The highest BCUT2D eigenvalue weighted by Gasteiger charge is 2.65. The predicted molar refractivity (Wildman–Crippen MR) is 98.2 cm³/mol. The quantitative estimate of drug-likeness (QED) is 0.562. The van der Waals surface area contributed by atoms with Gasteiger partial charge in [-0.1, -0.05) is 53.7 Å². The highest BCUT2D eigenvalue weighted by Crippen LogP contribution is 2.58. The zero-order valence-electron chi connectivity index (χ0n) is 16.5. The maximum atomic E-state index is 12.7. The highest BCUT2D eigenvalue weighted by atomic mass is 16.4. The second-order valence-corrected chi connectivity index (χ2v) is 10.2. The Balaban J connectivity index is 2.71. The van der Waals surface area contributed by atoms with Gasteiger partial charge >= 0.3 is 11.9 Å². The Morgan fingerprint density at radius 2 is 1.32 bits per heavy atom. The number of fused-ring (bicyclic) bond motifs is 3. The Morgan fingerprint density at radius 3 is 1.68 bits per heavy atom. The molecule has 142 valence electrons. The lowest BCUT2D eigenvalue weighted by molar-refractivity contribution is -0.190. The van der Waals surface area contributed by atoms with Crippen LogP contribution >= 0.6 is 0 Å². The largest absolute Gasteiger partial charge is 0.480 e. The molecular weight excluding hydrogens is 316 g/mol. The fourth-order valence-corrected chi connectivity index (χ4v) is 6.18. The molecule has 0 amide bonds. The minimum absolute atomic E-state index is 0.0400. The van der Waals surface area contributed by atoms with Crippen LogP contribution < -0.4 is 0 Å². The van der Waals surface area contributed by atoms with Gasteiger partial charge in [-0.05, 0) is 60.2 Å². The summed E-state index contributed by atoms with van der Waals surface area (Å²) in [7, 11) is 0. The summed E-state index contributed by atoms with van der Waals surface area (Å²) in [6.07, 6.45) is 7.79. The molecule has 0 saturated heterocycles. The number of rotatable bonds is 4. The first kappa shape index (κ1) is 20.0. The Bertz CT molecular complexity index is 533. The molecule has 0 heterocycles. The molecule has 0 aromatic carbocycles. The van der Waals surface area contributed by atoms with Crippen LogP contribution in [0, 0.1) is 39.9 Å². The summed E-state index contributed by atoms with van der Waals surface area (Å²) in [4.78, 5) is 25.4. The van der Waals surface area contributed by atoms with Gasteiger partial charge in [-0.25, -0.2) is 0 Å². The van der Waals surface area contributed by atoms with Crippen molar-refractivity contribution in [2.75, 3.05) is 0 Å². The summed E-state index contributed by atoms with van der Waals surface area (Å²) in [5, 5.41) is 20.7. The molecule has 3 aliphatic rings. The standard InChI is InChI=1S/C21H34O4/c1-19(2,3)16(20(4,5)6)21(17(22)23,18(24)25)15-12-9-13-7-10-14(15)11-8-13/h7,10,13-16H,8-9,11-12H2,1-6H3,(H,22,23)(H,24,25). The molecule has 3 unspecified atom stereocenters. The Morgan fingerprint density at radius 1 is 0.840 bits per heavy atom. The van der Waals surface area contributed by atoms with Crippen molar-refractivity contribution in [2.24, 2.45) is 39.9 Å². The van der Waals surface area contributed by atoms with Crippen molar-refractivity contribution in [2.45, 2.75) is 67.2 Å². The van der Waals surface area contributed by atoms with Crippen LogP contribution in [0.1, 0.15) is 67.2 Å². The van der Waals surface area contributed by atoms with Crippen LogP contribution in [0.4, 0.5) is 0 Å². The molecule has 1 saturated carbocycles. The van der Waals surface area contributed by atoms with Crippen LogP contribution in [0.3, 0.4) is 0 Å². The fraction of sp³-hybridized carbons (Fsp3) is 0.810. The van der Waals surface area contributed by atoms with Crippen LogP contribution in [0.2, 0.25) is 0 Å². The molecule has 2 N–H and O–H groups in total. The van der Waals surface area contributed by atoms with Gasteiger partial charge in [-0.2, -0.15) is 0 Å². The molecule has 3 rings (SSSR count). The van der Waals surface area contributed by atoms with Crippen molar-refractivity contribution in [3.05, 3.63) is 12.2 Å². The van der Waals surface area contributed by atoms with Crippen molar-refractivity contribution >= 4 is 11.9 Å². The number of carboxylic acids is 2. The molecule has 3 atom stereocenters. The van der Waals surface area contributed by atoms with Crippen molar-refractivity contribution < 1.29 is 19.8 Å². The van der Waals surface area contributed by atoms with Gasteiger partial charge in [0.05, 0.1) is 0 Å². The number of carboxylic acid groups (broad SMARTS) is 2. The van der Waals surface area contributed by atoms with Crippen molar-refractivity contribution in [1.82, 2.24) is 0 Å². The van der Waals surface area contributed by atoms with Gasteiger partial charge in [0.25, 0.3) is 0 Å². The van der Waals surface area contributed by atoms with E-state index in [2.05, 4.69) is 12.2 Å². The van der Waals surface area contributed by atoms with Gasteiger partial charge < -0.3 is 10.2 Å². The molecule has 0 aromatic heterocycles.